The molecule has 1 saturated heterocycles. The molecule has 1 fully saturated rings. The molecule has 2 aromatic rings. The maximum Gasteiger partial charge on any atom is 0.137 e. The SMILES string of the molecule is OC(c1ccccc1F)N1CCNCC1COc1cccnc1. The summed E-state index contributed by atoms with van der Waals surface area (Å²) in [4.78, 5) is 5.87. The Labute approximate surface area is 134 Å². The zero-order valence-electron chi connectivity index (χ0n) is 12.7. The Morgan fingerprint density at radius 1 is 1.35 bits per heavy atom. The first-order chi connectivity index (χ1) is 11.3. The van der Waals surface area contributed by atoms with Gasteiger partial charge in [-0.05, 0) is 18.2 Å². The predicted octanol–water partition coefficient (Wildman–Crippen LogP) is 1.56. The average Bonchev–Trinajstić information content (AvgIpc) is 2.61. The number of benzene rings is 1. The molecule has 2 atom stereocenters. The number of piperazine rings is 1. The summed E-state index contributed by atoms with van der Waals surface area (Å²) >= 11 is 0. The minimum atomic E-state index is -0.985. The van der Waals surface area contributed by atoms with Gasteiger partial charge in [-0.3, -0.25) is 9.88 Å². The maximum absolute atomic E-state index is 13.9. The van der Waals surface area contributed by atoms with Crippen LogP contribution in [0.3, 0.4) is 0 Å². The monoisotopic (exact) mass is 317 g/mol. The summed E-state index contributed by atoms with van der Waals surface area (Å²) in [7, 11) is 0. The fourth-order valence-electron chi connectivity index (χ4n) is 2.74. The van der Waals surface area contributed by atoms with Crippen molar-refractivity contribution < 1.29 is 14.2 Å². The topological polar surface area (TPSA) is 57.6 Å². The Morgan fingerprint density at radius 3 is 3.00 bits per heavy atom. The average molecular weight is 317 g/mol. The number of nitrogens with zero attached hydrogens (tertiary/aromatic N) is 2. The second-order valence-electron chi connectivity index (χ2n) is 5.49. The number of pyridine rings is 1. The summed E-state index contributed by atoms with van der Waals surface area (Å²) < 4.78 is 19.7. The van der Waals surface area contributed by atoms with Crippen LogP contribution in [0.25, 0.3) is 0 Å². The predicted molar refractivity (Wildman–Crippen MR) is 84.5 cm³/mol. The molecular formula is C17H20FN3O2. The van der Waals surface area contributed by atoms with Gasteiger partial charge in [0, 0.05) is 31.4 Å². The summed E-state index contributed by atoms with van der Waals surface area (Å²) in [5.74, 6) is 0.281. The largest absolute Gasteiger partial charge is 0.490 e. The number of rotatable bonds is 5. The van der Waals surface area contributed by atoms with E-state index in [1.165, 1.54) is 6.07 Å². The first kappa shape index (κ1) is 15.9. The quantitative estimate of drug-likeness (QED) is 0.876. The van der Waals surface area contributed by atoms with Crippen molar-refractivity contribution in [1.29, 1.82) is 0 Å². The molecule has 1 aliphatic rings. The number of hydrogen-bond donors (Lipinski definition) is 2. The van der Waals surface area contributed by atoms with Gasteiger partial charge in [-0.15, -0.1) is 0 Å². The van der Waals surface area contributed by atoms with Crippen molar-refractivity contribution in [2.45, 2.75) is 12.3 Å². The lowest BCUT2D eigenvalue weighted by molar-refractivity contribution is -0.0502. The molecule has 0 aliphatic carbocycles. The van der Waals surface area contributed by atoms with Gasteiger partial charge >= 0.3 is 0 Å². The lowest BCUT2D eigenvalue weighted by Gasteiger charge is -2.39. The van der Waals surface area contributed by atoms with Gasteiger partial charge in [0.25, 0.3) is 0 Å². The van der Waals surface area contributed by atoms with Gasteiger partial charge in [-0.2, -0.15) is 0 Å². The van der Waals surface area contributed by atoms with E-state index >= 15 is 0 Å². The van der Waals surface area contributed by atoms with E-state index in [-0.39, 0.29) is 6.04 Å². The number of aliphatic hydroxyl groups is 1. The van der Waals surface area contributed by atoms with Gasteiger partial charge in [-0.25, -0.2) is 4.39 Å². The minimum absolute atomic E-state index is 0.0569. The highest BCUT2D eigenvalue weighted by atomic mass is 19.1. The number of aromatic nitrogens is 1. The van der Waals surface area contributed by atoms with Crippen molar-refractivity contribution in [1.82, 2.24) is 15.2 Å². The first-order valence-corrected chi connectivity index (χ1v) is 7.67. The molecule has 2 N–H and O–H groups in total. The Morgan fingerprint density at radius 2 is 2.22 bits per heavy atom. The lowest BCUT2D eigenvalue weighted by Crippen LogP contribution is -2.54. The Hall–Kier alpha value is -2.02. The van der Waals surface area contributed by atoms with Crippen molar-refractivity contribution in [2.24, 2.45) is 0 Å². The van der Waals surface area contributed by atoms with Crippen LogP contribution in [0.4, 0.5) is 4.39 Å². The fraction of sp³-hybridized carbons (Fsp3) is 0.353. The van der Waals surface area contributed by atoms with Crippen molar-refractivity contribution in [3.05, 3.63) is 60.2 Å². The Bertz CT molecular complexity index is 626. The molecule has 0 spiro atoms. The molecule has 1 aromatic heterocycles. The molecule has 1 aliphatic heterocycles. The molecule has 2 unspecified atom stereocenters. The van der Waals surface area contributed by atoms with E-state index in [2.05, 4.69) is 10.3 Å². The number of ether oxygens (including phenoxy) is 1. The van der Waals surface area contributed by atoms with Gasteiger partial charge in [0.1, 0.15) is 24.4 Å². The minimum Gasteiger partial charge on any atom is -0.490 e. The molecule has 23 heavy (non-hydrogen) atoms. The van der Waals surface area contributed by atoms with Crippen LogP contribution in [-0.2, 0) is 0 Å². The van der Waals surface area contributed by atoms with Crippen molar-refractivity contribution in [3.8, 4) is 5.75 Å². The summed E-state index contributed by atoms with van der Waals surface area (Å²) in [5, 5.41) is 13.9. The zero-order valence-corrected chi connectivity index (χ0v) is 12.7. The smallest absolute Gasteiger partial charge is 0.137 e. The van der Waals surface area contributed by atoms with Crippen LogP contribution in [0.1, 0.15) is 11.8 Å². The van der Waals surface area contributed by atoms with E-state index in [1.54, 1.807) is 36.7 Å². The molecule has 0 radical (unpaired) electrons. The molecule has 0 bridgehead atoms. The molecule has 3 rings (SSSR count). The molecule has 0 saturated carbocycles. The van der Waals surface area contributed by atoms with E-state index in [4.69, 9.17) is 4.74 Å². The second-order valence-corrected chi connectivity index (χ2v) is 5.49. The van der Waals surface area contributed by atoms with Crippen molar-refractivity contribution >= 4 is 0 Å². The van der Waals surface area contributed by atoms with E-state index < -0.39 is 12.0 Å². The second kappa shape index (κ2) is 7.50. The number of halogens is 1. The summed E-state index contributed by atoms with van der Waals surface area (Å²) in [6.45, 7) is 2.43. The lowest BCUT2D eigenvalue weighted by atomic mass is 10.1. The third-order valence-corrected chi connectivity index (χ3v) is 3.97. The Balaban J connectivity index is 1.70. The molecule has 6 heteroatoms. The van der Waals surface area contributed by atoms with Crippen molar-refractivity contribution in [2.75, 3.05) is 26.2 Å². The maximum atomic E-state index is 13.9. The van der Waals surface area contributed by atoms with Crippen LogP contribution in [0, 0.1) is 5.82 Å². The van der Waals surface area contributed by atoms with Gasteiger partial charge in [-0.1, -0.05) is 18.2 Å². The third kappa shape index (κ3) is 3.85. The van der Waals surface area contributed by atoms with Gasteiger partial charge in [0.2, 0.25) is 0 Å². The van der Waals surface area contributed by atoms with Crippen LogP contribution < -0.4 is 10.1 Å². The fourth-order valence-corrected chi connectivity index (χ4v) is 2.74. The number of nitrogens with one attached hydrogen (secondary N) is 1. The number of aliphatic hydroxyl groups excluding tert-OH is 1. The van der Waals surface area contributed by atoms with E-state index in [0.29, 0.717) is 31.0 Å². The van der Waals surface area contributed by atoms with E-state index in [9.17, 15) is 9.50 Å². The van der Waals surface area contributed by atoms with Crippen LogP contribution >= 0.6 is 0 Å². The molecule has 122 valence electrons. The zero-order chi connectivity index (χ0) is 16.1. The highest BCUT2D eigenvalue weighted by Gasteiger charge is 2.30. The molecular weight excluding hydrogens is 297 g/mol. The molecule has 1 aromatic carbocycles. The molecule has 0 amide bonds. The normalized spacial score (nSPS) is 20.2. The van der Waals surface area contributed by atoms with E-state index in [1.807, 2.05) is 11.0 Å². The van der Waals surface area contributed by atoms with Crippen LogP contribution in [0.5, 0.6) is 5.75 Å². The van der Waals surface area contributed by atoms with Gasteiger partial charge < -0.3 is 15.2 Å². The third-order valence-electron chi connectivity index (χ3n) is 3.97. The Kier molecular flexibility index (Phi) is 5.17. The van der Waals surface area contributed by atoms with Crippen LogP contribution in [-0.4, -0.2) is 47.3 Å². The number of hydrogen-bond acceptors (Lipinski definition) is 5. The van der Waals surface area contributed by atoms with E-state index in [0.717, 1.165) is 6.54 Å². The summed E-state index contributed by atoms with van der Waals surface area (Å²) in [6, 6.07) is 9.90. The highest BCUT2D eigenvalue weighted by Crippen LogP contribution is 2.24. The highest BCUT2D eigenvalue weighted by molar-refractivity contribution is 5.20. The van der Waals surface area contributed by atoms with Crippen LogP contribution in [0.2, 0.25) is 0 Å². The standard InChI is InChI=1S/C17H20FN3O2/c18-16-6-2-1-5-15(16)17(22)21-9-8-20-10-13(21)12-23-14-4-3-7-19-11-14/h1-7,11,13,17,20,22H,8-10,12H2. The summed E-state index contributed by atoms with van der Waals surface area (Å²) in [5.41, 5.74) is 0.292. The van der Waals surface area contributed by atoms with Crippen molar-refractivity contribution in [3.63, 3.8) is 0 Å². The molecule has 5 nitrogen and oxygen atoms in total. The summed E-state index contributed by atoms with van der Waals surface area (Å²) in [6.07, 6.45) is 2.35. The van der Waals surface area contributed by atoms with Crippen LogP contribution in [0.15, 0.2) is 48.8 Å². The van der Waals surface area contributed by atoms with Gasteiger partial charge in [0.05, 0.1) is 12.2 Å². The van der Waals surface area contributed by atoms with Gasteiger partial charge in [0.15, 0.2) is 0 Å². The first-order valence-electron chi connectivity index (χ1n) is 7.67. The molecule has 2 heterocycles.